The van der Waals surface area contributed by atoms with E-state index in [2.05, 4.69) is 35.9 Å². The Balaban J connectivity index is 2.04. The molecule has 0 aliphatic carbocycles. The van der Waals surface area contributed by atoms with Crippen LogP contribution in [0.4, 0.5) is 5.95 Å². The Morgan fingerprint density at radius 3 is 2.50 bits per heavy atom. The molecule has 2 aromatic carbocycles. The number of carbonyl (C=O) groups is 1. The predicted molar refractivity (Wildman–Crippen MR) is 102 cm³/mol. The van der Waals surface area contributed by atoms with Crippen LogP contribution in [0.25, 0.3) is 11.0 Å². The highest BCUT2D eigenvalue weighted by Gasteiger charge is 2.34. The molecule has 0 spiro atoms. The van der Waals surface area contributed by atoms with Crippen molar-refractivity contribution in [2.45, 2.75) is 26.8 Å². The zero-order chi connectivity index (χ0) is 18.4. The summed E-state index contributed by atoms with van der Waals surface area (Å²) in [4.78, 5) is 17.4. The lowest BCUT2D eigenvalue weighted by Gasteiger charge is -2.30. The summed E-state index contributed by atoms with van der Waals surface area (Å²) in [5.74, 6) is 0.407. The number of nitrogens with one attached hydrogen (secondary N) is 1. The number of carbonyl (C=O) groups excluding carboxylic acids is 1. The number of benzene rings is 2. The van der Waals surface area contributed by atoms with Gasteiger partial charge in [0.05, 0.1) is 29.8 Å². The molecule has 0 bridgehead atoms. The van der Waals surface area contributed by atoms with Crippen LogP contribution in [0.3, 0.4) is 0 Å². The molecule has 26 heavy (non-hydrogen) atoms. The third-order valence-electron chi connectivity index (χ3n) is 5.06. The first-order chi connectivity index (χ1) is 12.5. The van der Waals surface area contributed by atoms with Gasteiger partial charge in [-0.25, -0.2) is 9.78 Å². The molecule has 2 heterocycles. The summed E-state index contributed by atoms with van der Waals surface area (Å²) >= 11 is 0. The highest BCUT2D eigenvalue weighted by molar-refractivity contribution is 5.94. The normalized spacial score (nSPS) is 16.4. The molecule has 5 nitrogen and oxygen atoms in total. The zero-order valence-electron chi connectivity index (χ0n) is 15.3. The van der Waals surface area contributed by atoms with E-state index in [1.165, 1.54) is 18.2 Å². The average molecular weight is 347 g/mol. The molecule has 1 aliphatic rings. The van der Waals surface area contributed by atoms with Gasteiger partial charge in [-0.3, -0.25) is 4.57 Å². The average Bonchev–Trinajstić information content (AvgIpc) is 2.97. The van der Waals surface area contributed by atoms with Gasteiger partial charge in [0.25, 0.3) is 0 Å². The molecule has 1 aromatic heterocycles. The number of aromatic nitrogens is 2. The Morgan fingerprint density at radius 2 is 1.81 bits per heavy atom. The number of aryl methyl sites for hydroxylation is 2. The van der Waals surface area contributed by atoms with E-state index in [1.807, 2.05) is 37.3 Å². The number of nitrogens with zero attached hydrogens (tertiary/aromatic N) is 2. The third kappa shape index (κ3) is 2.39. The van der Waals surface area contributed by atoms with Crippen LogP contribution in [-0.4, -0.2) is 22.6 Å². The van der Waals surface area contributed by atoms with Crippen LogP contribution < -0.4 is 5.32 Å². The molecule has 0 radical (unpaired) electrons. The Bertz CT molecular complexity index is 1050. The summed E-state index contributed by atoms with van der Waals surface area (Å²) in [6, 6.07) is 13.9. The van der Waals surface area contributed by atoms with Crippen molar-refractivity contribution in [3.8, 4) is 0 Å². The highest BCUT2D eigenvalue weighted by atomic mass is 16.5. The number of imidazole rings is 1. The van der Waals surface area contributed by atoms with Crippen LogP contribution in [0.5, 0.6) is 0 Å². The lowest BCUT2D eigenvalue weighted by molar-refractivity contribution is -0.136. The van der Waals surface area contributed by atoms with Crippen LogP contribution in [-0.2, 0) is 9.53 Å². The molecule has 0 fully saturated rings. The number of allylic oxidation sites excluding steroid dienone is 1. The summed E-state index contributed by atoms with van der Waals surface area (Å²) in [5.41, 5.74) is 6.69. The second kappa shape index (κ2) is 6.02. The molecule has 0 unspecified atom stereocenters. The molecule has 1 N–H and O–H groups in total. The number of methoxy groups -OCH3 is 1. The fourth-order valence-electron chi connectivity index (χ4n) is 3.59. The van der Waals surface area contributed by atoms with Crippen molar-refractivity contribution in [2.24, 2.45) is 0 Å². The minimum absolute atomic E-state index is 0.285. The van der Waals surface area contributed by atoms with Crippen LogP contribution in [0.1, 0.15) is 29.7 Å². The van der Waals surface area contributed by atoms with Crippen molar-refractivity contribution < 1.29 is 9.53 Å². The van der Waals surface area contributed by atoms with Crippen LogP contribution in [0.15, 0.2) is 53.7 Å². The van der Waals surface area contributed by atoms with E-state index in [0.29, 0.717) is 5.57 Å². The molecule has 0 amide bonds. The number of hydrogen-bond acceptors (Lipinski definition) is 4. The van der Waals surface area contributed by atoms with Gasteiger partial charge >= 0.3 is 5.97 Å². The second-order valence-corrected chi connectivity index (χ2v) is 6.70. The molecular weight excluding hydrogens is 326 g/mol. The number of hydrogen-bond donors (Lipinski definition) is 1. The molecule has 0 saturated carbocycles. The van der Waals surface area contributed by atoms with Gasteiger partial charge in [0.2, 0.25) is 5.95 Å². The van der Waals surface area contributed by atoms with Crippen LogP contribution in [0, 0.1) is 13.8 Å². The molecule has 4 rings (SSSR count). The number of esters is 1. The fraction of sp³-hybridized carbons (Fsp3) is 0.238. The Kier molecular flexibility index (Phi) is 3.80. The van der Waals surface area contributed by atoms with Crippen molar-refractivity contribution in [1.82, 2.24) is 9.55 Å². The van der Waals surface area contributed by atoms with Gasteiger partial charge < -0.3 is 10.1 Å². The molecule has 132 valence electrons. The van der Waals surface area contributed by atoms with Gasteiger partial charge in [-0.1, -0.05) is 30.3 Å². The smallest absolute Gasteiger partial charge is 0.337 e. The first kappa shape index (κ1) is 16.4. The fourth-order valence-corrected chi connectivity index (χ4v) is 3.59. The van der Waals surface area contributed by atoms with E-state index in [0.717, 1.165) is 28.2 Å². The molecule has 0 saturated heterocycles. The van der Waals surface area contributed by atoms with Gasteiger partial charge in [-0.05, 0) is 49.6 Å². The maximum absolute atomic E-state index is 12.6. The molecule has 1 aliphatic heterocycles. The maximum Gasteiger partial charge on any atom is 0.337 e. The molecule has 1 atom stereocenters. The molecule has 5 heteroatoms. The van der Waals surface area contributed by atoms with Gasteiger partial charge in [-0.2, -0.15) is 0 Å². The monoisotopic (exact) mass is 347 g/mol. The first-order valence-corrected chi connectivity index (χ1v) is 8.61. The van der Waals surface area contributed by atoms with Crippen LogP contribution in [0.2, 0.25) is 0 Å². The SMILES string of the molecule is COC(=O)C1=C(C)Nc2nc3cc(C)c(C)cc3n2[C@@H]1c1ccccc1. The van der Waals surface area contributed by atoms with E-state index >= 15 is 0 Å². The van der Waals surface area contributed by atoms with Gasteiger partial charge in [0.15, 0.2) is 0 Å². The van der Waals surface area contributed by atoms with E-state index in [9.17, 15) is 4.79 Å². The van der Waals surface area contributed by atoms with Gasteiger partial charge in [-0.15, -0.1) is 0 Å². The van der Waals surface area contributed by atoms with Gasteiger partial charge in [0.1, 0.15) is 0 Å². The van der Waals surface area contributed by atoms with E-state index < -0.39 is 0 Å². The van der Waals surface area contributed by atoms with E-state index in [-0.39, 0.29) is 12.0 Å². The van der Waals surface area contributed by atoms with Crippen molar-refractivity contribution in [2.75, 3.05) is 12.4 Å². The molecule has 3 aromatic rings. The standard InChI is InChI=1S/C21H21N3O2/c1-12-10-16-17(11-13(12)2)24-19(15-8-6-5-7-9-15)18(20(25)26-4)14(3)22-21(24)23-16/h5-11,19H,1-4H3,(H,22,23)/t19-/m1/s1. The minimum Gasteiger partial charge on any atom is -0.466 e. The highest BCUT2D eigenvalue weighted by Crippen LogP contribution is 2.39. The quantitative estimate of drug-likeness (QED) is 0.709. The summed E-state index contributed by atoms with van der Waals surface area (Å²) < 4.78 is 7.18. The summed E-state index contributed by atoms with van der Waals surface area (Å²) in [5, 5.41) is 3.28. The number of ether oxygens (including phenoxy) is 1. The topological polar surface area (TPSA) is 56.1 Å². The second-order valence-electron chi connectivity index (χ2n) is 6.70. The van der Waals surface area contributed by atoms with Crippen molar-refractivity contribution >= 4 is 23.0 Å². The Labute approximate surface area is 152 Å². The number of anilines is 1. The lowest BCUT2D eigenvalue weighted by atomic mass is 9.95. The van der Waals surface area contributed by atoms with Crippen LogP contribution >= 0.6 is 0 Å². The first-order valence-electron chi connectivity index (χ1n) is 8.61. The zero-order valence-corrected chi connectivity index (χ0v) is 15.3. The summed E-state index contributed by atoms with van der Waals surface area (Å²) in [6.07, 6.45) is 0. The van der Waals surface area contributed by atoms with Gasteiger partial charge in [0, 0.05) is 5.70 Å². The largest absolute Gasteiger partial charge is 0.466 e. The predicted octanol–water partition coefficient (Wildman–Crippen LogP) is 4.12. The van der Waals surface area contributed by atoms with Crippen molar-refractivity contribution in [3.63, 3.8) is 0 Å². The molecular formula is C21H21N3O2. The third-order valence-corrected chi connectivity index (χ3v) is 5.06. The van der Waals surface area contributed by atoms with Crippen molar-refractivity contribution in [3.05, 3.63) is 70.4 Å². The Morgan fingerprint density at radius 1 is 1.12 bits per heavy atom. The summed E-state index contributed by atoms with van der Waals surface area (Å²) in [6.45, 7) is 6.06. The van der Waals surface area contributed by atoms with E-state index in [1.54, 1.807) is 0 Å². The van der Waals surface area contributed by atoms with Crippen molar-refractivity contribution in [1.29, 1.82) is 0 Å². The number of rotatable bonds is 2. The Hall–Kier alpha value is -3.08. The maximum atomic E-state index is 12.6. The minimum atomic E-state index is -0.333. The lowest BCUT2D eigenvalue weighted by Crippen LogP contribution is -2.28. The van der Waals surface area contributed by atoms with E-state index in [4.69, 9.17) is 9.72 Å². The summed E-state index contributed by atoms with van der Waals surface area (Å²) in [7, 11) is 1.42. The number of fused-ring (bicyclic) bond motifs is 3.